The van der Waals surface area contributed by atoms with Crippen LogP contribution in [0.4, 0.5) is 0 Å². The average molecular weight is 368 g/mol. The molecular formula is C19H20N4O2S. The van der Waals surface area contributed by atoms with Gasteiger partial charge in [0, 0.05) is 37.3 Å². The molecule has 134 valence electrons. The van der Waals surface area contributed by atoms with E-state index in [4.69, 9.17) is 0 Å². The van der Waals surface area contributed by atoms with Crippen LogP contribution in [0.5, 0.6) is 0 Å². The molecule has 1 saturated heterocycles. The highest BCUT2D eigenvalue weighted by Crippen LogP contribution is 2.34. The van der Waals surface area contributed by atoms with E-state index in [9.17, 15) is 9.59 Å². The first-order valence-corrected chi connectivity index (χ1v) is 9.28. The van der Waals surface area contributed by atoms with Gasteiger partial charge >= 0.3 is 0 Å². The zero-order chi connectivity index (χ0) is 18.7. The Morgan fingerprint density at radius 3 is 2.62 bits per heavy atom. The molecular weight excluding hydrogens is 348 g/mol. The molecule has 0 unspecified atom stereocenters. The predicted octanol–water partition coefficient (Wildman–Crippen LogP) is 3.52. The molecule has 0 spiro atoms. The number of thioether (sulfide) groups is 1. The molecule has 2 aromatic rings. The normalized spacial score (nSPS) is 17.5. The highest BCUT2D eigenvalue weighted by Gasteiger charge is 2.32. The van der Waals surface area contributed by atoms with Gasteiger partial charge in [0.05, 0.1) is 4.91 Å². The standard InChI is InChI=1S/C19H20N4O2S/c1-4-20-19-22(5-2)18(25)16(26-19)11-15-12-23(13(3)24)21-17(15)14-9-7-6-8-10-14/h6-12H,4-5H2,1-3H3/b16-11-,20-19?. The number of hydrogen-bond donors (Lipinski definition) is 0. The van der Waals surface area contributed by atoms with Crippen molar-refractivity contribution in [2.24, 2.45) is 4.99 Å². The number of amides is 1. The highest BCUT2D eigenvalue weighted by molar-refractivity contribution is 8.18. The Kier molecular flexibility index (Phi) is 5.37. The summed E-state index contributed by atoms with van der Waals surface area (Å²) in [5, 5.41) is 5.11. The first-order valence-electron chi connectivity index (χ1n) is 8.47. The van der Waals surface area contributed by atoms with Crippen LogP contribution in [0.3, 0.4) is 0 Å². The van der Waals surface area contributed by atoms with E-state index >= 15 is 0 Å². The number of carbonyl (C=O) groups is 2. The van der Waals surface area contributed by atoms with Gasteiger partial charge in [-0.3, -0.25) is 19.5 Å². The molecule has 0 aliphatic carbocycles. The van der Waals surface area contributed by atoms with Gasteiger partial charge in [-0.25, -0.2) is 4.68 Å². The minimum Gasteiger partial charge on any atom is -0.287 e. The lowest BCUT2D eigenvalue weighted by Crippen LogP contribution is -2.28. The summed E-state index contributed by atoms with van der Waals surface area (Å²) in [6.07, 6.45) is 3.46. The summed E-state index contributed by atoms with van der Waals surface area (Å²) in [5.74, 6) is -0.250. The Morgan fingerprint density at radius 1 is 1.27 bits per heavy atom. The second-order valence-electron chi connectivity index (χ2n) is 5.68. The Balaban J connectivity index is 2.07. The minimum atomic E-state index is -0.180. The Labute approximate surface area is 156 Å². The summed E-state index contributed by atoms with van der Waals surface area (Å²) in [4.78, 5) is 31.1. The fraction of sp³-hybridized carbons (Fsp3) is 0.263. The maximum atomic E-state index is 12.7. The van der Waals surface area contributed by atoms with E-state index in [0.29, 0.717) is 28.9 Å². The van der Waals surface area contributed by atoms with Crippen LogP contribution < -0.4 is 0 Å². The first kappa shape index (κ1) is 18.1. The molecule has 0 radical (unpaired) electrons. The molecule has 7 heteroatoms. The molecule has 0 N–H and O–H groups in total. The molecule has 0 atom stereocenters. The van der Waals surface area contributed by atoms with Gasteiger partial charge in [-0.2, -0.15) is 5.10 Å². The van der Waals surface area contributed by atoms with Crippen molar-refractivity contribution in [3.8, 4) is 11.3 Å². The van der Waals surface area contributed by atoms with E-state index in [1.165, 1.54) is 23.4 Å². The van der Waals surface area contributed by atoms with Crippen molar-refractivity contribution >= 4 is 34.8 Å². The number of amidine groups is 1. The molecule has 3 rings (SSSR count). The number of benzene rings is 1. The van der Waals surface area contributed by atoms with Crippen LogP contribution in [0, 0.1) is 0 Å². The molecule has 6 nitrogen and oxygen atoms in total. The van der Waals surface area contributed by atoms with Gasteiger partial charge in [0.15, 0.2) is 5.17 Å². The van der Waals surface area contributed by atoms with Gasteiger partial charge in [-0.15, -0.1) is 0 Å². The van der Waals surface area contributed by atoms with Crippen molar-refractivity contribution in [2.45, 2.75) is 20.8 Å². The summed E-state index contributed by atoms with van der Waals surface area (Å²) in [7, 11) is 0. The molecule has 1 amide bonds. The quantitative estimate of drug-likeness (QED) is 0.775. The zero-order valence-electron chi connectivity index (χ0n) is 15.0. The van der Waals surface area contributed by atoms with E-state index in [2.05, 4.69) is 10.1 Å². The molecule has 0 bridgehead atoms. The topological polar surface area (TPSA) is 67.6 Å². The third kappa shape index (κ3) is 3.48. The van der Waals surface area contributed by atoms with Gasteiger partial charge in [-0.1, -0.05) is 30.3 Å². The third-order valence-corrected chi connectivity index (χ3v) is 4.94. The van der Waals surface area contributed by atoms with Gasteiger partial charge in [0.25, 0.3) is 5.91 Å². The zero-order valence-corrected chi connectivity index (χ0v) is 15.8. The van der Waals surface area contributed by atoms with Crippen molar-refractivity contribution in [1.29, 1.82) is 0 Å². The van der Waals surface area contributed by atoms with Crippen molar-refractivity contribution in [2.75, 3.05) is 13.1 Å². The maximum absolute atomic E-state index is 12.7. The first-order chi connectivity index (χ1) is 12.5. The number of carbonyl (C=O) groups excluding carboxylic acids is 2. The Morgan fingerprint density at radius 2 is 2.00 bits per heavy atom. The lowest BCUT2D eigenvalue weighted by molar-refractivity contribution is -0.122. The molecule has 26 heavy (non-hydrogen) atoms. The number of rotatable bonds is 4. The number of hydrogen-bond acceptors (Lipinski definition) is 5. The fourth-order valence-corrected chi connectivity index (χ4v) is 3.75. The van der Waals surface area contributed by atoms with Crippen molar-refractivity contribution in [3.05, 3.63) is 47.0 Å². The predicted molar refractivity (Wildman–Crippen MR) is 105 cm³/mol. The summed E-state index contributed by atoms with van der Waals surface area (Å²) in [6.45, 7) is 6.52. The van der Waals surface area contributed by atoms with Gasteiger partial charge in [0.2, 0.25) is 5.91 Å². The van der Waals surface area contributed by atoms with Crippen LogP contribution in [0.15, 0.2) is 46.4 Å². The second kappa shape index (κ2) is 7.70. The molecule has 1 aromatic heterocycles. The van der Waals surface area contributed by atoms with Gasteiger partial charge in [-0.05, 0) is 31.7 Å². The van der Waals surface area contributed by atoms with Crippen LogP contribution in [0.25, 0.3) is 17.3 Å². The van der Waals surface area contributed by atoms with Crippen molar-refractivity contribution in [1.82, 2.24) is 14.7 Å². The van der Waals surface area contributed by atoms with Crippen LogP contribution in [0.1, 0.15) is 31.1 Å². The van der Waals surface area contributed by atoms with Crippen LogP contribution in [-0.2, 0) is 4.79 Å². The lowest BCUT2D eigenvalue weighted by Gasteiger charge is -2.11. The number of aromatic nitrogens is 2. The molecule has 1 fully saturated rings. The molecule has 1 aromatic carbocycles. The van der Waals surface area contributed by atoms with E-state index in [1.54, 1.807) is 17.2 Å². The van der Waals surface area contributed by atoms with E-state index in [0.717, 1.165) is 11.1 Å². The molecule has 1 aliphatic heterocycles. The molecule has 0 saturated carbocycles. The second-order valence-corrected chi connectivity index (χ2v) is 6.69. The summed E-state index contributed by atoms with van der Waals surface area (Å²) >= 11 is 1.36. The maximum Gasteiger partial charge on any atom is 0.266 e. The fourth-order valence-electron chi connectivity index (χ4n) is 2.66. The Bertz CT molecular complexity index is 900. The van der Waals surface area contributed by atoms with Crippen LogP contribution >= 0.6 is 11.8 Å². The highest BCUT2D eigenvalue weighted by atomic mass is 32.2. The molecule has 2 heterocycles. The number of aliphatic imine (C=N–C) groups is 1. The van der Waals surface area contributed by atoms with E-state index < -0.39 is 0 Å². The monoisotopic (exact) mass is 368 g/mol. The summed E-state index contributed by atoms with van der Waals surface area (Å²) in [6, 6.07) is 9.62. The third-order valence-electron chi connectivity index (χ3n) is 3.90. The van der Waals surface area contributed by atoms with Crippen LogP contribution in [0.2, 0.25) is 0 Å². The van der Waals surface area contributed by atoms with Crippen molar-refractivity contribution < 1.29 is 9.59 Å². The lowest BCUT2D eigenvalue weighted by atomic mass is 10.1. The smallest absolute Gasteiger partial charge is 0.266 e. The Hall–Kier alpha value is -2.67. The van der Waals surface area contributed by atoms with Crippen molar-refractivity contribution in [3.63, 3.8) is 0 Å². The molecule has 1 aliphatic rings. The SMILES string of the molecule is CCN=C1S/C(=C\c2cn(C(C)=O)nc2-c2ccccc2)C(=O)N1CC. The van der Waals surface area contributed by atoms with E-state index in [1.807, 2.05) is 44.2 Å². The van der Waals surface area contributed by atoms with E-state index in [-0.39, 0.29) is 11.8 Å². The summed E-state index contributed by atoms with van der Waals surface area (Å²) in [5.41, 5.74) is 2.30. The number of likely N-dealkylation sites (N-methyl/N-ethyl adjacent to an activating group) is 1. The number of nitrogens with zero attached hydrogens (tertiary/aromatic N) is 4. The van der Waals surface area contributed by atoms with Gasteiger partial charge in [0.1, 0.15) is 5.69 Å². The average Bonchev–Trinajstić information content (AvgIpc) is 3.18. The van der Waals surface area contributed by atoms with Crippen LogP contribution in [-0.4, -0.2) is 44.8 Å². The minimum absolute atomic E-state index is 0.0701. The largest absolute Gasteiger partial charge is 0.287 e. The summed E-state index contributed by atoms with van der Waals surface area (Å²) < 4.78 is 1.30. The van der Waals surface area contributed by atoms with Gasteiger partial charge < -0.3 is 0 Å².